The highest BCUT2D eigenvalue weighted by Crippen LogP contribution is 2.46. The van der Waals surface area contributed by atoms with Gasteiger partial charge in [0.15, 0.2) is 0 Å². The first-order valence-corrected chi connectivity index (χ1v) is 13.1. The van der Waals surface area contributed by atoms with Crippen molar-refractivity contribution in [3.63, 3.8) is 0 Å². The van der Waals surface area contributed by atoms with Crippen LogP contribution in [0, 0.1) is 5.92 Å². The predicted octanol–water partition coefficient (Wildman–Crippen LogP) is 8.42. The Morgan fingerprint density at radius 2 is 1.79 bits per heavy atom. The van der Waals surface area contributed by atoms with Crippen molar-refractivity contribution in [1.29, 1.82) is 0 Å². The number of rotatable bonds is 9. The Kier molecular flexibility index (Phi) is 8.70. The van der Waals surface area contributed by atoms with Crippen LogP contribution in [0.3, 0.4) is 0 Å². The molecule has 0 aliphatic heterocycles. The number of benzene rings is 2. The van der Waals surface area contributed by atoms with Crippen molar-refractivity contribution in [3.8, 4) is 11.4 Å². The van der Waals surface area contributed by atoms with Crippen LogP contribution in [0.1, 0.15) is 44.5 Å². The van der Waals surface area contributed by atoms with Crippen LogP contribution in [0.25, 0.3) is 22.7 Å². The molecule has 0 unspecified atom stereocenters. The molecule has 38 heavy (non-hydrogen) atoms. The van der Waals surface area contributed by atoms with Gasteiger partial charge in [0.1, 0.15) is 5.69 Å². The maximum absolute atomic E-state index is 4.60. The van der Waals surface area contributed by atoms with E-state index in [1.54, 1.807) is 7.05 Å². The first kappa shape index (κ1) is 26.8. The van der Waals surface area contributed by atoms with E-state index >= 15 is 0 Å². The molecule has 0 amide bonds. The van der Waals surface area contributed by atoms with Crippen LogP contribution in [0.5, 0.6) is 0 Å². The molecule has 0 atom stereocenters. The molecule has 195 valence electrons. The number of aryl methyl sites for hydroxylation is 2. The third kappa shape index (κ3) is 6.00. The van der Waals surface area contributed by atoms with Crippen molar-refractivity contribution in [3.05, 3.63) is 132 Å². The van der Waals surface area contributed by atoms with Crippen molar-refractivity contribution >= 4 is 11.3 Å². The van der Waals surface area contributed by atoms with Crippen molar-refractivity contribution in [1.82, 2.24) is 14.3 Å². The number of nitrogens with zero attached hydrogens (tertiary/aromatic N) is 5. The third-order valence-electron chi connectivity index (χ3n) is 6.41. The lowest BCUT2D eigenvalue weighted by molar-refractivity contribution is 0.462. The molecule has 1 aliphatic rings. The fourth-order valence-electron chi connectivity index (χ4n) is 4.50. The van der Waals surface area contributed by atoms with Gasteiger partial charge < -0.3 is 0 Å². The molecule has 2 aromatic carbocycles. The van der Waals surface area contributed by atoms with Gasteiger partial charge in [0.25, 0.3) is 0 Å². The van der Waals surface area contributed by atoms with Gasteiger partial charge in [-0.2, -0.15) is 10.2 Å². The molecule has 0 fully saturated rings. The minimum atomic E-state index is 0. The summed E-state index contributed by atoms with van der Waals surface area (Å²) in [4.78, 5) is 4.60. The monoisotopic (exact) mass is 504 g/mol. The van der Waals surface area contributed by atoms with Crippen molar-refractivity contribution in [2.24, 2.45) is 17.3 Å². The van der Waals surface area contributed by atoms with Gasteiger partial charge in [0, 0.05) is 40.0 Å². The van der Waals surface area contributed by atoms with Crippen LogP contribution < -0.4 is 0 Å². The summed E-state index contributed by atoms with van der Waals surface area (Å²) in [5.41, 5.74) is 10.0. The van der Waals surface area contributed by atoms with Crippen LogP contribution in [-0.2, 0) is 20.0 Å². The molecule has 5 heteroatoms. The second kappa shape index (κ2) is 12.3. The Morgan fingerprint density at radius 1 is 1.05 bits per heavy atom. The summed E-state index contributed by atoms with van der Waals surface area (Å²) in [6, 6.07) is 23.3. The van der Waals surface area contributed by atoms with E-state index < -0.39 is 0 Å². The fraction of sp³-hybridized carbons (Fsp3) is 0.212. The smallest absolute Gasteiger partial charge is 0.100 e. The van der Waals surface area contributed by atoms with Gasteiger partial charge in [-0.15, -0.1) is 0 Å². The van der Waals surface area contributed by atoms with Gasteiger partial charge in [0.05, 0.1) is 17.3 Å². The second-order valence-corrected chi connectivity index (χ2v) is 9.05. The summed E-state index contributed by atoms with van der Waals surface area (Å²) in [5.74, 6) is 1.36. The molecule has 0 spiro atoms. The van der Waals surface area contributed by atoms with Crippen LogP contribution >= 0.6 is 0 Å². The van der Waals surface area contributed by atoms with Gasteiger partial charge in [-0.25, -0.2) is 0 Å². The van der Waals surface area contributed by atoms with Gasteiger partial charge in [0.2, 0.25) is 0 Å². The largest absolute Gasteiger partial charge is 0.290 e. The van der Waals surface area contributed by atoms with Crippen LogP contribution in [0.4, 0.5) is 0 Å². The maximum Gasteiger partial charge on any atom is 0.100 e. The van der Waals surface area contributed by atoms with E-state index in [4.69, 9.17) is 0 Å². The molecule has 5 rings (SSSR count). The molecule has 0 bridgehead atoms. The number of hydrogen-bond donors (Lipinski definition) is 0. The standard InChI is InChI=1S/C31H30N5.C2H6.H2/c1-22(2)18-29(34-32-3)25-14-16-33-30(19-25)31-21-36(35(31)4)17-15-24-12-8-9-13-26(24)28-20-27(28)23-10-6-5-7-11-23;1-2;/h5-14,16,18-21H,1,15,17H2,2-4H3;1-2H3;1H/b29-18-,34-32?;;. The average molecular weight is 505 g/mol. The first-order valence-electron chi connectivity index (χ1n) is 13.1. The molecule has 5 nitrogen and oxygen atoms in total. The normalized spacial score (nSPS) is 13.3. The highest BCUT2D eigenvalue weighted by atomic mass is 15.4. The van der Waals surface area contributed by atoms with Crippen LogP contribution in [0.2, 0.25) is 0 Å². The lowest BCUT2D eigenvalue weighted by Gasteiger charge is -2.24. The van der Waals surface area contributed by atoms with Crippen molar-refractivity contribution in [2.75, 3.05) is 7.05 Å². The lowest BCUT2D eigenvalue weighted by atomic mass is 9.96. The maximum atomic E-state index is 4.60. The topological polar surface area (TPSA) is 47.5 Å². The summed E-state index contributed by atoms with van der Waals surface area (Å²) in [7, 11) is 3.75. The second-order valence-electron chi connectivity index (χ2n) is 9.05. The number of hydrogen-bond acceptors (Lipinski definition) is 3. The fourth-order valence-corrected chi connectivity index (χ4v) is 4.50. The number of allylic oxidation sites excluding steroid dienone is 4. The predicted molar refractivity (Wildman–Crippen MR) is 161 cm³/mol. The molecule has 2 aromatic heterocycles. The molecule has 0 saturated carbocycles. The Morgan fingerprint density at radius 3 is 2.50 bits per heavy atom. The Balaban J connectivity index is 0.00000137. The summed E-state index contributed by atoms with van der Waals surface area (Å²) in [6.45, 7) is 10.8. The Bertz CT molecular complexity index is 1490. The summed E-state index contributed by atoms with van der Waals surface area (Å²) in [5, 5.41) is 8.23. The summed E-state index contributed by atoms with van der Waals surface area (Å²) in [6.07, 6.45) is 9.16. The van der Waals surface area contributed by atoms with E-state index in [-0.39, 0.29) is 1.43 Å². The van der Waals surface area contributed by atoms with Gasteiger partial charge in [-0.05, 0) is 53.8 Å². The van der Waals surface area contributed by atoms with E-state index in [0.717, 1.165) is 41.2 Å². The van der Waals surface area contributed by atoms with E-state index in [1.165, 1.54) is 28.2 Å². The van der Waals surface area contributed by atoms with E-state index in [9.17, 15) is 0 Å². The van der Waals surface area contributed by atoms with Gasteiger partial charge >= 0.3 is 0 Å². The minimum absolute atomic E-state index is 0. The number of pyridine rings is 1. The highest BCUT2D eigenvalue weighted by molar-refractivity contribution is 5.98. The average Bonchev–Trinajstić information content (AvgIpc) is 3.75. The molecule has 0 saturated heterocycles. The molecular formula is C33H38N5. The Hall–Kier alpha value is -4.25. The van der Waals surface area contributed by atoms with Crippen molar-refractivity contribution < 1.29 is 1.43 Å². The molecule has 4 aromatic rings. The minimum Gasteiger partial charge on any atom is -0.290 e. The van der Waals surface area contributed by atoms with Gasteiger partial charge in [-0.3, -0.25) is 14.3 Å². The van der Waals surface area contributed by atoms with Crippen LogP contribution in [-0.4, -0.2) is 21.4 Å². The SMILES string of the molecule is C=C(C)/C=C(\N=NC)c1ccnc(-c2cn(CCc3ccccc3[C]3C=C3c3ccccc3)n2C)c1.CC.[HH]. The molecule has 1 aliphatic carbocycles. The quantitative estimate of drug-likeness (QED) is 0.167. The van der Waals surface area contributed by atoms with Gasteiger partial charge in [-0.1, -0.05) is 86.7 Å². The lowest BCUT2D eigenvalue weighted by Crippen LogP contribution is -2.22. The third-order valence-corrected chi connectivity index (χ3v) is 6.41. The number of aromatic nitrogens is 3. The Labute approximate surface area is 228 Å². The molecule has 1 radical (unpaired) electrons. The summed E-state index contributed by atoms with van der Waals surface area (Å²) >= 11 is 0. The first-order chi connectivity index (χ1) is 18.5. The summed E-state index contributed by atoms with van der Waals surface area (Å²) < 4.78 is 4.40. The zero-order valence-corrected chi connectivity index (χ0v) is 23.0. The van der Waals surface area contributed by atoms with E-state index in [2.05, 4.69) is 111 Å². The molecule has 2 heterocycles. The zero-order valence-electron chi connectivity index (χ0n) is 23.0. The number of azo groups is 1. The van der Waals surface area contributed by atoms with E-state index in [0.29, 0.717) is 0 Å². The van der Waals surface area contributed by atoms with Crippen LogP contribution in [0.15, 0.2) is 114 Å². The molecular weight excluding hydrogens is 466 g/mol. The van der Waals surface area contributed by atoms with Crippen molar-refractivity contribution in [2.45, 2.75) is 33.7 Å². The highest BCUT2D eigenvalue weighted by Gasteiger charge is 2.30. The van der Waals surface area contributed by atoms with E-state index in [1.807, 2.05) is 39.1 Å². The zero-order chi connectivity index (χ0) is 27.1. The molecule has 0 N–H and O–H groups in total.